The Morgan fingerprint density at radius 1 is 0.929 bits per heavy atom. The fourth-order valence-electron chi connectivity index (χ4n) is 11.7. The topological polar surface area (TPSA) is 144 Å². The molecular weight excluding hydrogens is 711 g/mol. The molecule has 302 valence electrons. The highest BCUT2D eigenvalue weighted by Gasteiger charge is 2.66. The zero-order valence-corrected chi connectivity index (χ0v) is 34.4. The van der Waals surface area contributed by atoms with E-state index in [4.69, 9.17) is 19.2 Å². The van der Waals surface area contributed by atoms with Crippen LogP contribution in [0.15, 0.2) is 36.5 Å². The molecule has 12 nitrogen and oxygen atoms in total. The van der Waals surface area contributed by atoms with Crippen molar-refractivity contribution in [1.82, 2.24) is 20.2 Å². The second kappa shape index (κ2) is 14.5. The lowest BCUT2D eigenvalue weighted by Gasteiger charge is -2.69. The van der Waals surface area contributed by atoms with Gasteiger partial charge in [0.1, 0.15) is 17.2 Å². The summed E-state index contributed by atoms with van der Waals surface area (Å²) in [6, 6.07) is 9.32. The number of carboxylic acids is 1. The lowest BCUT2D eigenvalue weighted by atomic mass is 9.39. The molecule has 2 atom stereocenters. The maximum atomic E-state index is 14.0. The minimum absolute atomic E-state index is 0.0915. The Kier molecular flexibility index (Phi) is 10.3. The van der Waals surface area contributed by atoms with E-state index in [9.17, 15) is 19.5 Å². The van der Waals surface area contributed by atoms with Gasteiger partial charge in [-0.05, 0) is 132 Å². The molecule has 5 aliphatic rings. The highest BCUT2D eigenvalue weighted by atomic mass is 16.6. The zero-order chi connectivity index (χ0) is 40.3. The van der Waals surface area contributed by atoms with Crippen molar-refractivity contribution >= 4 is 23.7 Å². The van der Waals surface area contributed by atoms with Gasteiger partial charge in [0.25, 0.3) is 5.91 Å². The van der Waals surface area contributed by atoms with Gasteiger partial charge in [-0.3, -0.25) is 4.79 Å². The molecule has 12 heteroatoms. The van der Waals surface area contributed by atoms with Gasteiger partial charge in [-0.2, -0.15) is 0 Å². The Labute approximate surface area is 330 Å². The average Bonchev–Trinajstić information content (AvgIpc) is 3.45. The Bertz CT molecular complexity index is 2010. The monoisotopic (exact) mass is 769 g/mol. The van der Waals surface area contributed by atoms with Crippen LogP contribution in [0.3, 0.4) is 0 Å². The van der Waals surface area contributed by atoms with Crippen LogP contribution in [0.1, 0.15) is 111 Å². The van der Waals surface area contributed by atoms with Gasteiger partial charge < -0.3 is 39.4 Å². The molecule has 0 radical (unpaired) electrons. The van der Waals surface area contributed by atoms with Crippen molar-refractivity contribution in [3.63, 3.8) is 0 Å². The first-order valence-corrected chi connectivity index (χ1v) is 20.0. The van der Waals surface area contributed by atoms with E-state index in [0.717, 1.165) is 61.3 Å². The third kappa shape index (κ3) is 7.79. The number of carboxylic acid groups (broad SMARTS) is 1. The van der Waals surface area contributed by atoms with Gasteiger partial charge in [-0.25, -0.2) is 14.6 Å². The van der Waals surface area contributed by atoms with E-state index in [1.165, 1.54) is 19.3 Å². The van der Waals surface area contributed by atoms with E-state index in [2.05, 4.69) is 48.2 Å². The van der Waals surface area contributed by atoms with Crippen molar-refractivity contribution in [3.05, 3.63) is 64.6 Å². The van der Waals surface area contributed by atoms with Crippen molar-refractivity contribution in [2.24, 2.45) is 16.2 Å². The first kappa shape index (κ1) is 39.8. The fourth-order valence-corrected chi connectivity index (χ4v) is 11.7. The summed E-state index contributed by atoms with van der Waals surface area (Å²) in [6.07, 6.45) is 9.61. The maximum Gasteiger partial charge on any atom is 0.358 e. The number of pyridine rings is 1. The molecule has 4 bridgehead atoms. The van der Waals surface area contributed by atoms with Gasteiger partial charge in [0.15, 0.2) is 12.3 Å². The van der Waals surface area contributed by atoms with Crippen LogP contribution in [0.25, 0.3) is 11.1 Å². The number of nitrogens with one attached hydrogen (secondary N) is 2. The van der Waals surface area contributed by atoms with Crippen LogP contribution in [-0.4, -0.2) is 84.1 Å². The number of hydrogen-bond donors (Lipinski definition) is 3. The minimum atomic E-state index is -1.08. The molecule has 4 saturated carbocycles. The maximum absolute atomic E-state index is 14.0. The first-order valence-electron chi connectivity index (χ1n) is 20.0. The Morgan fingerprint density at radius 2 is 1.66 bits per heavy atom. The molecule has 4 aliphatic carbocycles. The summed E-state index contributed by atoms with van der Waals surface area (Å²) in [5.74, 6) is -0.807. The molecule has 1 amide bonds. The van der Waals surface area contributed by atoms with Crippen LogP contribution < -0.4 is 20.3 Å². The molecule has 1 aliphatic heterocycles. The lowest BCUT2D eigenvalue weighted by molar-refractivity contribution is -0.247. The van der Waals surface area contributed by atoms with E-state index in [1.54, 1.807) is 19.2 Å². The smallest absolute Gasteiger partial charge is 0.358 e. The Hall–Kier alpha value is -4.42. The summed E-state index contributed by atoms with van der Waals surface area (Å²) in [5.41, 5.74) is 4.77. The number of benzene rings is 1. The summed E-state index contributed by atoms with van der Waals surface area (Å²) >= 11 is 0. The van der Waals surface area contributed by atoms with Crippen LogP contribution in [0.5, 0.6) is 5.75 Å². The summed E-state index contributed by atoms with van der Waals surface area (Å²) in [7, 11) is 3.56. The minimum Gasteiger partial charge on any atom is -0.482 e. The van der Waals surface area contributed by atoms with Gasteiger partial charge in [-0.15, -0.1) is 0 Å². The van der Waals surface area contributed by atoms with Crippen LogP contribution in [0.4, 0.5) is 5.82 Å². The molecule has 8 rings (SSSR count). The standard InChI is InChI=1S/C44H59N5O7/c1-28-29(13-17-49(28)27-43-22-41(5)21-42(6,23-43)25-44(24-41,26-43)55-18-15-45-7)31-10-12-35(47-37(31)39(53)56-40(2,3)4)48-16-14-30-33(19-48)32(38(52)46-8)9-11-34(30)54-20-36(50)51/h9-13,17,45H,14-16,18-27H2,1-8H3,(H,46,52)(H,50,51). The largest absolute Gasteiger partial charge is 0.482 e. The molecule has 3 heterocycles. The van der Waals surface area contributed by atoms with Gasteiger partial charge in [-0.1, -0.05) is 13.8 Å². The predicted octanol–water partition coefficient (Wildman–Crippen LogP) is 6.55. The molecule has 3 aromatic rings. The van der Waals surface area contributed by atoms with Gasteiger partial charge in [0.05, 0.1) is 12.2 Å². The summed E-state index contributed by atoms with van der Waals surface area (Å²) in [5, 5.41) is 15.2. The SMILES string of the molecule is CNCCOC12CC3(C)CC(C)(CC(Cn4ccc(-c5ccc(N6CCc7c(OCC(=O)O)ccc(C(=O)NC)c7C6)nc5C(=O)OC(C)(C)C)c4C)(C3)C1)C2. The van der Waals surface area contributed by atoms with Crippen molar-refractivity contribution in [2.75, 3.05) is 45.3 Å². The Morgan fingerprint density at radius 3 is 2.32 bits per heavy atom. The molecule has 2 aromatic heterocycles. The number of esters is 1. The molecule has 0 spiro atoms. The molecule has 3 N–H and O–H groups in total. The zero-order valence-electron chi connectivity index (χ0n) is 34.4. The highest BCUT2D eigenvalue weighted by Crippen LogP contribution is 2.72. The lowest BCUT2D eigenvalue weighted by Crippen LogP contribution is -2.64. The summed E-state index contributed by atoms with van der Waals surface area (Å²) in [6.45, 7) is 15.5. The number of carbonyl (C=O) groups is 3. The second-order valence-electron chi connectivity index (χ2n) is 18.8. The van der Waals surface area contributed by atoms with Crippen LogP contribution >= 0.6 is 0 Å². The Balaban J connectivity index is 1.21. The second-order valence-corrected chi connectivity index (χ2v) is 18.8. The number of nitrogens with zero attached hydrogens (tertiary/aromatic N) is 3. The fraction of sp³-hybridized carbons (Fsp3) is 0.591. The molecule has 2 unspecified atom stereocenters. The summed E-state index contributed by atoms with van der Waals surface area (Å²) in [4.78, 5) is 45.3. The first-order chi connectivity index (χ1) is 26.4. The number of ether oxygens (including phenoxy) is 3. The van der Waals surface area contributed by atoms with Crippen molar-refractivity contribution in [2.45, 2.75) is 111 Å². The third-order valence-corrected chi connectivity index (χ3v) is 12.4. The number of anilines is 1. The number of hydrogen-bond acceptors (Lipinski definition) is 9. The van der Waals surface area contributed by atoms with E-state index in [-0.39, 0.29) is 33.4 Å². The number of carbonyl (C=O) groups excluding carboxylic acids is 2. The number of aliphatic carboxylic acids is 1. The highest BCUT2D eigenvalue weighted by molar-refractivity contribution is 5.97. The normalized spacial score (nSPS) is 26.5. The molecule has 0 saturated heterocycles. The summed E-state index contributed by atoms with van der Waals surface area (Å²) < 4.78 is 20.8. The van der Waals surface area contributed by atoms with E-state index in [0.29, 0.717) is 42.2 Å². The molecular formula is C44H59N5O7. The van der Waals surface area contributed by atoms with Crippen molar-refractivity contribution in [3.8, 4) is 16.9 Å². The van der Waals surface area contributed by atoms with E-state index < -0.39 is 24.1 Å². The number of likely N-dealkylation sites (N-methyl/N-ethyl adjacent to an activating group) is 1. The van der Waals surface area contributed by atoms with Crippen molar-refractivity contribution in [1.29, 1.82) is 0 Å². The van der Waals surface area contributed by atoms with Crippen molar-refractivity contribution < 1.29 is 33.7 Å². The number of aromatic nitrogens is 2. The average molecular weight is 770 g/mol. The van der Waals surface area contributed by atoms with E-state index >= 15 is 0 Å². The molecule has 1 aromatic carbocycles. The predicted molar refractivity (Wildman–Crippen MR) is 214 cm³/mol. The van der Waals surface area contributed by atoms with E-state index in [1.807, 2.05) is 44.9 Å². The van der Waals surface area contributed by atoms with Gasteiger partial charge in [0.2, 0.25) is 0 Å². The van der Waals surface area contributed by atoms with Crippen LogP contribution in [0, 0.1) is 23.2 Å². The quantitative estimate of drug-likeness (QED) is 0.129. The van der Waals surface area contributed by atoms with Gasteiger partial charge in [0, 0.05) is 67.4 Å². The number of amides is 1. The number of rotatable bonds is 13. The molecule has 56 heavy (non-hydrogen) atoms. The van der Waals surface area contributed by atoms with Gasteiger partial charge >= 0.3 is 11.9 Å². The third-order valence-electron chi connectivity index (χ3n) is 12.4. The van der Waals surface area contributed by atoms with Crippen LogP contribution in [0.2, 0.25) is 0 Å². The van der Waals surface area contributed by atoms with Crippen LogP contribution in [-0.2, 0) is 33.8 Å². The molecule has 4 fully saturated rings. The number of fused-ring (bicyclic) bond motifs is 1.